The van der Waals surface area contributed by atoms with Crippen LogP contribution in [0.3, 0.4) is 0 Å². The van der Waals surface area contributed by atoms with E-state index < -0.39 is 0 Å². The Labute approximate surface area is 150 Å². The Morgan fingerprint density at radius 3 is 2.38 bits per heavy atom. The van der Waals surface area contributed by atoms with E-state index in [1.807, 2.05) is 31.2 Å². The van der Waals surface area contributed by atoms with Gasteiger partial charge < -0.3 is 23.7 Å². The fraction of sp³-hybridized carbons (Fsp3) is 0.263. The molecule has 0 saturated carbocycles. The highest BCUT2D eigenvalue weighted by Gasteiger charge is 2.16. The first kappa shape index (κ1) is 17.6. The SMILES string of the molecule is CCOc1ccc(OCc2ccc(C(=O)Nc3c(C)noc3C)o2)cc1. The molecule has 3 aromatic rings. The van der Waals surface area contributed by atoms with Crippen molar-refractivity contribution in [2.24, 2.45) is 0 Å². The van der Waals surface area contributed by atoms with Crippen LogP contribution in [0.4, 0.5) is 5.69 Å². The fourth-order valence-corrected chi connectivity index (χ4v) is 2.37. The minimum Gasteiger partial charge on any atom is -0.494 e. The molecule has 0 aliphatic heterocycles. The van der Waals surface area contributed by atoms with Gasteiger partial charge in [-0.25, -0.2) is 0 Å². The highest BCUT2D eigenvalue weighted by atomic mass is 16.5. The summed E-state index contributed by atoms with van der Waals surface area (Å²) < 4.78 is 21.6. The van der Waals surface area contributed by atoms with Gasteiger partial charge in [-0.3, -0.25) is 4.79 Å². The van der Waals surface area contributed by atoms with Crippen LogP contribution in [-0.4, -0.2) is 17.7 Å². The number of anilines is 1. The third kappa shape index (κ3) is 4.05. The van der Waals surface area contributed by atoms with Crippen molar-refractivity contribution >= 4 is 11.6 Å². The summed E-state index contributed by atoms with van der Waals surface area (Å²) >= 11 is 0. The standard InChI is InChI=1S/C19H20N2O5/c1-4-23-14-5-7-15(8-6-14)24-11-16-9-10-17(25-16)19(22)20-18-12(2)21-26-13(18)3/h5-10H,4,11H2,1-3H3,(H,20,22). The molecule has 1 N–H and O–H groups in total. The molecule has 3 rings (SSSR count). The molecule has 0 saturated heterocycles. The smallest absolute Gasteiger partial charge is 0.291 e. The van der Waals surface area contributed by atoms with E-state index in [0.717, 1.165) is 5.75 Å². The maximum atomic E-state index is 12.3. The van der Waals surface area contributed by atoms with Crippen molar-refractivity contribution < 1.29 is 23.2 Å². The number of carbonyl (C=O) groups is 1. The Bertz CT molecular complexity index is 860. The highest BCUT2D eigenvalue weighted by Crippen LogP contribution is 2.21. The molecule has 0 aliphatic carbocycles. The van der Waals surface area contributed by atoms with E-state index in [2.05, 4.69) is 10.5 Å². The number of nitrogens with one attached hydrogen (secondary N) is 1. The van der Waals surface area contributed by atoms with Crippen molar-refractivity contribution in [1.29, 1.82) is 0 Å². The monoisotopic (exact) mass is 356 g/mol. The van der Waals surface area contributed by atoms with Gasteiger partial charge in [-0.1, -0.05) is 5.16 Å². The van der Waals surface area contributed by atoms with Crippen LogP contribution in [0.5, 0.6) is 11.5 Å². The summed E-state index contributed by atoms with van der Waals surface area (Å²) in [4.78, 5) is 12.3. The second-order valence-electron chi connectivity index (χ2n) is 5.61. The van der Waals surface area contributed by atoms with Gasteiger partial charge in [-0.2, -0.15) is 0 Å². The number of aromatic nitrogens is 1. The maximum Gasteiger partial charge on any atom is 0.291 e. The number of furan rings is 1. The van der Waals surface area contributed by atoms with Crippen LogP contribution < -0.4 is 14.8 Å². The van der Waals surface area contributed by atoms with Crippen molar-refractivity contribution in [3.8, 4) is 11.5 Å². The summed E-state index contributed by atoms with van der Waals surface area (Å²) in [6.45, 7) is 6.25. The lowest BCUT2D eigenvalue weighted by Gasteiger charge is -2.06. The summed E-state index contributed by atoms with van der Waals surface area (Å²) in [5.74, 6) is 2.38. The minimum absolute atomic E-state index is 0.190. The van der Waals surface area contributed by atoms with Gasteiger partial charge in [0.05, 0.1) is 6.61 Å². The van der Waals surface area contributed by atoms with Crippen molar-refractivity contribution in [3.63, 3.8) is 0 Å². The lowest BCUT2D eigenvalue weighted by atomic mass is 10.3. The number of nitrogens with zero attached hydrogens (tertiary/aromatic N) is 1. The summed E-state index contributed by atoms with van der Waals surface area (Å²) in [5, 5.41) is 6.54. The number of ether oxygens (including phenoxy) is 2. The van der Waals surface area contributed by atoms with Crippen molar-refractivity contribution in [2.75, 3.05) is 11.9 Å². The molecule has 0 aliphatic rings. The third-order valence-electron chi connectivity index (χ3n) is 3.67. The zero-order chi connectivity index (χ0) is 18.5. The van der Waals surface area contributed by atoms with Gasteiger partial charge in [-0.05, 0) is 57.2 Å². The van der Waals surface area contributed by atoms with Crippen molar-refractivity contribution in [2.45, 2.75) is 27.4 Å². The molecule has 7 heteroatoms. The molecule has 0 bridgehead atoms. The second kappa shape index (κ2) is 7.77. The van der Waals surface area contributed by atoms with E-state index >= 15 is 0 Å². The molecule has 0 spiro atoms. The molecule has 0 radical (unpaired) electrons. The first-order valence-electron chi connectivity index (χ1n) is 8.25. The fourth-order valence-electron chi connectivity index (χ4n) is 2.37. The quantitative estimate of drug-likeness (QED) is 0.685. The molecule has 1 aromatic carbocycles. The molecule has 0 unspecified atom stereocenters. The molecule has 0 fully saturated rings. The van der Waals surface area contributed by atoms with Crippen LogP contribution in [0.1, 0.15) is 34.7 Å². The molecule has 136 valence electrons. The van der Waals surface area contributed by atoms with E-state index in [9.17, 15) is 4.79 Å². The highest BCUT2D eigenvalue weighted by molar-refractivity contribution is 6.02. The number of hydrogen-bond acceptors (Lipinski definition) is 6. The molecule has 7 nitrogen and oxygen atoms in total. The lowest BCUT2D eigenvalue weighted by molar-refractivity contribution is 0.0992. The number of rotatable bonds is 7. The average molecular weight is 356 g/mol. The lowest BCUT2D eigenvalue weighted by Crippen LogP contribution is -2.12. The second-order valence-corrected chi connectivity index (χ2v) is 5.61. The minimum atomic E-state index is -0.369. The Balaban J connectivity index is 1.58. The molecular weight excluding hydrogens is 336 g/mol. The molecule has 2 heterocycles. The topological polar surface area (TPSA) is 86.7 Å². The van der Waals surface area contributed by atoms with Gasteiger partial charge >= 0.3 is 0 Å². The zero-order valence-electron chi connectivity index (χ0n) is 14.9. The molecule has 1 amide bonds. The van der Waals surface area contributed by atoms with Crippen LogP contribution in [0.15, 0.2) is 45.3 Å². The Kier molecular flexibility index (Phi) is 5.26. The Morgan fingerprint density at radius 2 is 1.77 bits per heavy atom. The van der Waals surface area contributed by atoms with E-state index in [1.54, 1.807) is 26.0 Å². The maximum absolute atomic E-state index is 12.3. The van der Waals surface area contributed by atoms with Gasteiger partial charge in [0.25, 0.3) is 5.91 Å². The van der Waals surface area contributed by atoms with Crippen LogP contribution >= 0.6 is 0 Å². The Morgan fingerprint density at radius 1 is 1.08 bits per heavy atom. The third-order valence-corrected chi connectivity index (χ3v) is 3.67. The largest absolute Gasteiger partial charge is 0.494 e. The van der Waals surface area contributed by atoms with E-state index in [4.69, 9.17) is 18.4 Å². The first-order valence-corrected chi connectivity index (χ1v) is 8.25. The van der Waals surface area contributed by atoms with Crippen LogP contribution in [0, 0.1) is 13.8 Å². The predicted octanol–water partition coefficient (Wildman–Crippen LogP) is 4.11. The molecule has 0 atom stereocenters. The normalized spacial score (nSPS) is 10.6. The predicted molar refractivity (Wildman–Crippen MR) is 94.6 cm³/mol. The van der Waals surface area contributed by atoms with Crippen LogP contribution in [0.25, 0.3) is 0 Å². The van der Waals surface area contributed by atoms with Crippen LogP contribution in [0.2, 0.25) is 0 Å². The number of benzene rings is 1. The van der Waals surface area contributed by atoms with Crippen molar-refractivity contribution in [3.05, 3.63) is 59.4 Å². The molecular formula is C19H20N2O5. The summed E-state index contributed by atoms with van der Waals surface area (Å²) in [6.07, 6.45) is 0. The van der Waals surface area contributed by atoms with Crippen LogP contribution in [-0.2, 0) is 6.61 Å². The first-order chi connectivity index (χ1) is 12.6. The summed E-state index contributed by atoms with van der Waals surface area (Å²) in [6, 6.07) is 10.6. The van der Waals surface area contributed by atoms with Gasteiger partial charge in [-0.15, -0.1) is 0 Å². The van der Waals surface area contributed by atoms with E-state index in [0.29, 0.717) is 35.3 Å². The number of amides is 1. The van der Waals surface area contributed by atoms with Crippen molar-refractivity contribution in [1.82, 2.24) is 5.16 Å². The Hall–Kier alpha value is -3.22. The summed E-state index contributed by atoms with van der Waals surface area (Å²) in [5.41, 5.74) is 1.17. The zero-order valence-corrected chi connectivity index (χ0v) is 14.9. The molecule has 26 heavy (non-hydrogen) atoms. The number of hydrogen-bond donors (Lipinski definition) is 1. The average Bonchev–Trinajstić information content (AvgIpc) is 3.23. The molecule has 2 aromatic heterocycles. The summed E-state index contributed by atoms with van der Waals surface area (Å²) in [7, 11) is 0. The van der Waals surface area contributed by atoms with E-state index in [1.165, 1.54) is 0 Å². The van der Waals surface area contributed by atoms with Gasteiger partial charge in [0.2, 0.25) is 0 Å². The van der Waals surface area contributed by atoms with Gasteiger partial charge in [0.1, 0.15) is 35.2 Å². The number of carbonyl (C=O) groups excluding carboxylic acids is 1. The van der Waals surface area contributed by atoms with Gasteiger partial charge in [0, 0.05) is 0 Å². The van der Waals surface area contributed by atoms with E-state index in [-0.39, 0.29) is 18.3 Å². The van der Waals surface area contributed by atoms with Gasteiger partial charge in [0.15, 0.2) is 11.5 Å². The number of aryl methyl sites for hydroxylation is 2.